The molecule has 0 aliphatic rings. The second-order valence-electron chi connectivity index (χ2n) is 4.90. The molecule has 0 fully saturated rings. The van der Waals surface area contributed by atoms with Crippen molar-refractivity contribution in [2.45, 2.75) is 6.42 Å². The van der Waals surface area contributed by atoms with Crippen molar-refractivity contribution >= 4 is 27.6 Å². The molecule has 114 valence electrons. The number of hydrogen-bond donors (Lipinski definition) is 2. The van der Waals surface area contributed by atoms with Crippen molar-refractivity contribution in [3.05, 3.63) is 65.9 Å². The predicted molar refractivity (Wildman–Crippen MR) is 85.0 cm³/mol. The van der Waals surface area contributed by atoms with Gasteiger partial charge in [-0.2, -0.15) is 0 Å². The molecule has 1 aromatic heterocycles. The van der Waals surface area contributed by atoms with Crippen LogP contribution in [0.25, 0.3) is 10.9 Å². The molecule has 0 saturated carbocycles. The molecule has 3 rings (SSSR count). The number of aromatic amines is 1. The van der Waals surface area contributed by atoms with Crippen molar-refractivity contribution in [1.82, 2.24) is 4.98 Å². The largest absolute Gasteiger partial charge is 0.359 e. The molecule has 2 N–H and O–H groups in total. The van der Waals surface area contributed by atoms with E-state index in [4.69, 9.17) is 0 Å². The summed E-state index contributed by atoms with van der Waals surface area (Å²) >= 11 is 0. The van der Waals surface area contributed by atoms with E-state index in [9.17, 15) is 13.0 Å². The first-order valence-electron chi connectivity index (χ1n) is 6.78. The number of rotatable bonds is 5. The lowest BCUT2D eigenvalue weighted by molar-refractivity contribution is 0.511. The van der Waals surface area contributed by atoms with E-state index in [1.165, 1.54) is 0 Å². The van der Waals surface area contributed by atoms with E-state index in [0.717, 1.165) is 17.7 Å². The monoisotopic (exact) mass is 320 g/mol. The fraction of sp³-hybridized carbons (Fsp3) is 0.125. The molecule has 1 heterocycles. The van der Waals surface area contributed by atoms with Crippen LogP contribution in [-0.2, 0) is 17.4 Å². The quantitative estimate of drug-likeness (QED) is 0.738. The van der Waals surface area contributed by atoms with Crippen LogP contribution in [0.15, 0.2) is 48.7 Å². The summed E-state index contributed by atoms with van der Waals surface area (Å²) in [7, 11) is -1.30. The maximum Gasteiger partial charge on any atom is 0.160 e. The number of fused-ring (bicyclic) bond motifs is 1. The molecule has 0 aliphatic heterocycles. The highest BCUT2D eigenvalue weighted by Gasteiger charge is 2.11. The van der Waals surface area contributed by atoms with Gasteiger partial charge in [0.1, 0.15) is 11.0 Å². The van der Waals surface area contributed by atoms with Crippen molar-refractivity contribution in [2.75, 3.05) is 10.5 Å². The van der Waals surface area contributed by atoms with Crippen molar-refractivity contribution in [3.63, 3.8) is 0 Å². The lowest BCUT2D eigenvalue weighted by Gasteiger charge is -2.05. The topological polar surface area (TPSA) is 44.9 Å². The molecule has 1 unspecified atom stereocenters. The zero-order valence-corrected chi connectivity index (χ0v) is 12.4. The molecule has 3 aromatic rings. The molecule has 22 heavy (non-hydrogen) atoms. The normalized spacial score (nSPS) is 12.5. The predicted octanol–water partition coefficient (Wildman–Crippen LogP) is 3.76. The standard InChI is InChI=1S/C16H14F2N2OS/c17-13-8-12-15(9-14(13)18)19-10-16(12)20-22(21)7-6-11-4-2-1-3-5-11/h1-5,8-10,19-20H,6-7H2. The summed E-state index contributed by atoms with van der Waals surface area (Å²) < 4.78 is 41.4. The Labute approximate surface area is 128 Å². The van der Waals surface area contributed by atoms with Gasteiger partial charge in [0.05, 0.1) is 11.2 Å². The van der Waals surface area contributed by atoms with Gasteiger partial charge in [0.2, 0.25) is 0 Å². The molecule has 0 saturated heterocycles. The van der Waals surface area contributed by atoms with Crippen LogP contribution in [0.2, 0.25) is 0 Å². The Kier molecular flexibility index (Phi) is 4.20. The minimum atomic E-state index is -1.30. The third-order valence-electron chi connectivity index (χ3n) is 3.37. The van der Waals surface area contributed by atoms with Crippen LogP contribution in [0.1, 0.15) is 5.56 Å². The zero-order valence-electron chi connectivity index (χ0n) is 11.6. The molecule has 0 radical (unpaired) electrons. The summed E-state index contributed by atoms with van der Waals surface area (Å²) in [5, 5.41) is 0.479. The van der Waals surface area contributed by atoms with Gasteiger partial charge < -0.3 is 9.71 Å². The summed E-state index contributed by atoms with van der Waals surface area (Å²) in [6, 6.07) is 11.9. The van der Waals surface area contributed by atoms with Crippen LogP contribution in [0.3, 0.4) is 0 Å². The van der Waals surface area contributed by atoms with E-state index < -0.39 is 22.6 Å². The molecular weight excluding hydrogens is 306 g/mol. The number of benzene rings is 2. The first kappa shape index (κ1) is 14.7. The summed E-state index contributed by atoms with van der Waals surface area (Å²) in [4.78, 5) is 2.83. The van der Waals surface area contributed by atoms with Crippen molar-refractivity contribution in [1.29, 1.82) is 0 Å². The summed E-state index contributed by atoms with van der Waals surface area (Å²) in [6.45, 7) is 0. The Morgan fingerprint density at radius 3 is 2.59 bits per heavy atom. The van der Waals surface area contributed by atoms with Crippen LogP contribution >= 0.6 is 0 Å². The van der Waals surface area contributed by atoms with E-state index in [0.29, 0.717) is 28.8 Å². The SMILES string of the molecule is O=S(CCc1ccccc1)Nc1c[nH]c2cc(F)c(F)cc12. The highest BCUT2D eigenvalue weighted by atomic mass is 32.2. The van der Waals surface area contributed by atoms with Gasteiger partial charge in [-0.05, 0) is 18.1 Å². The van der Waals surface area contributed by atoms with Gasteiger partial charge in [-0.15, -0.1) is 0 Å². The fourth-order valence-corrected chi connectivity index (χ4v) is 3.17. The van der Waals surface area contributed by atoms with Gasteiger partial charge in [-0.25, -0.2) is 13.0 Å². The number of aromatic nitrogens is 1. The lowest BCUT2D eigenvalue weighted by atomic mass is 10.2. The second-order valence-corrected chi connectivity index (χ2v) is 6.20. The summed E-state index contributed by atoms with van der Waals surface area (Å²) in [5.41, 5.74) is 2.06. The molecule has 2 aromatic carbocycles. The smallest absolute Gasteiger partial charge is 0.160 e. The lowest BCUT2D eigenvalue weighted by Crippen LogP contribution is -2.10. The third-order valence-corrected chi connectivity index (χ3v) is 4.39. The number of hydrogen-bond acceptors (Lipinski definition) is 1. The average molecular weight is 320 g/mol. The maximum absolute atomic E-state index is 13.3. The van der Waals surface area contributed by atoms with Crippen LogP contribution in [-0.4, -0.2) is 14.9 Å². The number of anilines is 1. The third kappa shape index (κ3) is 3.17. The van der Waals surface area contributed by atoms with Crippen LogP contribution in [0.5, 0.6) is 0 Å². The molecular formula is C16H14F2N2OS. The van der Waals surface area contributed by atoms with Gasteiger partial charge in [0.25, 0.3) is 0 Å². The number of halogens is 2. The first-order valence-corrected chi connectivity index (χ1v) is 8.10. The Hall–Kier alpha value is -2.21. The van der Waals surface area contributed by atoms with Crippen molar-refractivity contribution < 1.29 is 13.0 Å². The summed E-state index contributed by atoms with van der Waals surface area (Å²) in [5.74, 6) is -1.41. The fourth-order valence-electron chi connectivity index (χ4n) is 2.23. The minimum absolute atomic E-state index is 0.431. The average Bonchev–Trinajstić information content (AvgIpc) is 2.89. The zero-order chi connectivity index (χ0) is 15.5. The Morgan fingerprint density at radius 2 is 1.82 bits per heavy atom. The maximum atomic E-state index is 13.3. The van der Waals surface area contributed by atoms with Crippen molar-refractivity contribution in [2.24, 2.45) is 0 Å². The van der Waals surface area contributed by atoms with E-state index in [-0.39, 0.29) is 0 Å². The molecule has 0 spiro atoms. The Morgan fingerprint density at radius 1 is 1.09 bits per heavy atom. The first-order chi connectivity index (χ1) is 10.6. The van der Waals surface area contributed by atoms with E-state index in [1.807, 2.05) is 30.3 Å². The van der Waals surface area contributed by atoms with Crippen LogP contribution in [0, 0.1) is 11.6 Å². The molecule has 3 nitrogen and oxygen atoms in total. The molecule has 1 atom stereocenters. The summed E-state index contributed by atoms with van der Waals surface area (Å²) in [6.07, 6.45) is 2.23. The Balaban J connectivity index is 1.70. The number of H-pyrrole nitrogens is 1. The van der Waals surface area contributed by atoms with Gasteiger partial charge in [-0.1, -0.05) is 30.3 Å². The van der Waals surface area contributed by atoms with E-state index in [1.54, 1.807) is 6.20 Å². The Bertz CT molecular complexity index is 818. The van der Waals surface area contributed by atoms with Crippen LogP contribution in [0.4, 0.5) is 14.5 Å². The van der Waals surface area contributed by atoms with Gasteiger partial charge in [-0.3, -0.25) is 0 Å². The number of nitrogens with one attached hydrogen (secondary N) is 2. The highest BCUT2D eigenvalue weighted by Crippen LogP contribution is 2.25. The van der Waals surface area contributed by atoms with Gasteiger partial charge >= 0.3 is 0 Å². The molecule has 0 aliphatic carbocycles. The van der Waals surface area contributed by atoms with Gasteiger partial charge in [0, 0.05) is 23.4 Å². The minimum Gasteiger partial charge on any atom is -0.359 e. The molecule has 0 amide bonds. The molecule has 0 bridgehead atoms. The van der Waals surface area contributed by atoms with Crippen molar-refractivity contribution in [3.8, 4) is 0 Å². The van der Waals surface area contributed by atoms with Gasteiger partial charge in [0.15, 0.2) is 11.6 Å². The highest BCUT2D eigenvalue weighted by molar-refractivity contribution is 7.86. The number of aryl methyl sites for hydroxylation is 1. The van der Waals surface area contributed by atoms with E-state index in [2.05, 4.69) is 9.71 Å². The second kappa shape index (κ2) is 6.27. The van der Waals surface area contributed by atoms with E-state index >= 15 is 0 Å². The van der Waals surface area contributed by atoms with Crippen LogP contribution < -0.4 is 4.72 Å². The molecule has 6 heteroatoms.